The molecule has 5 nitrogen and oxygen atoms in total. The molecule has 7 heteroatoms. The van der Waals surface area contributed by atoms with Crippen molar-refractivity contribution in [2.24, 2.45) is 5.73 Å². The second-order valence-corrected chi connectivity index (χ2v) is 6.75. The molecule has 0 aliphatic rings. The highest BCUT2D eigenvalue weighted by molar-refractivity contribution is 8.13. The van der Waals surface area contributed by atoms with E-state index in [1.54, 1.807) is 24.3 Å². The molecule has 1 aromatic carbocycles. The van der Waals surface area contributed by atoms with Crippen LogP contribution in [0.25, 0.3) is 0 Å². The van der Waals surface area contributed by atoms with Gasteiger partial charge in [0.15, 0.2) is 5.17 Å². The van der Waals surface area contributed by atoms with Crippen molar-refractivity contribution in [2.45, 2.75) is 10.6 Å². The Kier molecular flexibility index (Phi) is 4.55. The average Bonchev–Trinajstić information content (AvgIpc) is 2.26. The van der Waals surface area contributed by atoms with Gasteiger partial charge in [-0.2, -0.15) is 0 Å². The first-order valence-electron chi connectivity index (χ1n) is 4.82. The van der Waals surface area contributed by atoms with E-state index in [1.165, 1.54) is 30.2 Å². The number of amidine groups is 1. The van der Waals surface area contributed by atoms with Crippen molar-refractivity contribution in [1.82, 2.24) is 4.31 Å². The predicted octanol–water partition coefficient (Wildman–Crippen LogP) is 1.06. The van der Waals surface area contributed by atoms with Crippen LogP contribution in [0.15, 0.2) is 29.2 Å². The maximum atomic E-state index is 11.8. The zero-order valence-corrected chi connectivity index (χ0v) is 11.3. The third kappa shape index (κ3) is 3.72. The lowest BCUT2D eigenvalue weighted by Gasteiger charge is -2.11. The standard InChI is InChI=1S/C10H15N3O2S2/c1-13(2)17(14,15)9-5-3-8(4-6-9)7-16-10(11)12/h3-6H,7H2,1-2H3,(H3,11,12). The molecule has 0 aromatic heterocycles. The van der Waals surface area contributed by atoms with Crippen LogP contribution >= 0.6 is 11.8 Å². The van der Waals surface area contributed by atoms with Gasteiger partial charge in [-0.15, -0.1) is 0 Å². The zero-order valence-electron chi connectivity index (χ0n) is 9.67. The van der Waals surface area contributed by atoms with Crippen molar-refractivity contribution >= 4 is 27.0 Å². The van der Waals surface area contributed by atoms with E-state index in [-0.39, 0.29) is 10.1 Å². The number of hydrogen-bond donors (Lipinski definition) is 2. The van der Waals surface area contributed by atoms with Crippen LogP contribution in [0, 0.1) is 5.41 Å². The normalized spacial score (nSPS) is 11.7. The van der Waals surface area contributed by atoms with Gasteiger partial charge >= 0.3 is 0 Å². The van der Waals surface area contributed by atoms with Crippen molar-refractivity contribution in [3.8, 4) is 0 Å². The molecule has 1 aromatic rings. The van der Waals surface area contributed by atoms with Gasteiger partial charge in [-0.25, -0.2) is 12.7 Å². The van der Waals surface area contributed by atoms with Crippen LogP contribution in [0.4, 0.5) is 0 Å². The Morgan fingerprint density at radius 1 is 1.35 bits per heavy atom. The number of rotatable bonds is 4. The first-order valence-corrected chi connectivity index (χ1v) is 7.25. The zero-order chi connectivity index (χ0) is 13.1. The van der Waals surface area contributed by atoms with Crippen molar-refractivity contribution in [3.63, 3.8) is 0 Å². The third-order valence-corrected chi connectivity index (χ3v) is 4.71. The average molecular weight is 273 g/mol. The summed E-state index contributed by atoms with van der Waals surface area (Å²) in [4.78, 5) is 0.263. The Morgan fingerprint density at radius 2 is 1.88 bits per heavy atom. The Labute approximate surface area is 106 Å². The van der Waals surface area contributed by atoms with Gasteiger partial charge in [0.05, 0.1) is 4.90 Å². The fourth-order valence-corrected chi connectivity index (χ4v) is 2.55. The molecule has 0 radical (unpaired) electrons. The molecule has 0 bridgehead atoms. The van der Waals surface area contributed by atoms with Gasteiger partial charge in [-0.3, -0.25) is 5.41 Å². The third-order valence-electron chi connectivity index (χ3n) is 2.10. The van der Waals surface area contributed by atoms with Gasteiger partial charge < -0.3 is 5.73 Å². The molecule has 0 heterocycles. The first kappa shape index (κ1) is 14.0. The van der Waals surface area contributed by atoms with E-state index in [9.17, 15) is 8.42 Å². The van der Waals surface area contributed by atoms with Crippen LogP contribution in [0.1, 0.15) is 5.56 Å². The predicted molar refractivity (Wildman–Crippen MR) is 70.5 cm³/mol. The van der Waals surface area contributed by atoms with Gasteiger partial charge in [-0.1, -0.05) is 23.9 Å². The van der Waals surface area contributed by atoms with E-state index in [0.717, 1.165) is 5.56 Å². The molecule has 1 rings (SSSR count). The van der Waals surface area contributed by atoms with Crippen LogP contribution in [0.5, 0.6) is 0 Å². The van der Waals surface area contributed by atoms with Crippen LogP contribution in [-0.2, 0) is 15.8 Å². The van der Waals surface area contributed by atoms with Gasteiger partial charge in [0, 0.05) is 19.8 Å². The van der Waals surface area contributed by atoms with E-state index in [4.69, 9.17) is 11.1 Å². The lowest BCUT2D eigenvalue weighted by atomic mass is 10.2. The van der Waals surface area contributed by atoms with E-state index in [1.807, 2.05) is 0 Å². The lowest BCUT2D eigenvalue weighted by Crippen LogP contribution is -2.22. The minimum atomic E-state index is -3.37. The fraction of sp³-hybridized carbons (Fsp3) is 0.300. The summed E-state index contributed by atoms with van der Waals surface area (Å²) in [7, 11) is -0.376. The van der Waals surface area contributed by atoms with Crippen LogP contribution in [-0.4, -0.2) is 32.0 Å². The molecule has 0 aliphatic carbocycles. The monoisotopic (exact) mass is 273 g/mol. The fourth-order valence-electron chi connectivity index (χ4n) is 1.13. The second kappa shape index (κ2) is 5.52. The molecular formula is C10H15N3O2S2. The van der Waals surface area contributed by atoms with Crippen molar-refractivity contribution in [1.29, 1.82) is 5.41 Å². The molecule has 0 spiro atoms. The Bertz CT molecular complexity index is 495. The summed E-state index contributed by atoms with van der Waals surface area (Å²) < 4.78 is 24.7. The molecule has 94 valence electrons. The Morgan fingerprint density at radius 3 is 2.29 bits per heavy atom. The molecule has 0 saturated heterocycles. The molecule has 0 unspecified atom stereocenters. The summed E-state index contributed by atoms with van der Waals surface area (Å²) in [6.07, 6.45) is 0. The summed E-state index contributed by atoms with van der Waals surface area (Å²) in [5, 5.41) is 7.13. The quantitative estimate of drug-likeness (QED) is 0.634. The Balaban J connectivity index is 2.85. The van der Waals surface area contributed by atoms with Crippen LogP contribution in [0.2, 0.25) is 0 Å². The van der Waals surface area contributed by atoms with Crippen molar-refractivity contribution in [2.75, 3.05) is 14.1 Å². The van der Waals surface area contributed by atoms with Gasteiger partial charge in [-0.05, 0) is 17.7 Å². The summed E-state index contributed by atoms with van der Waals surface area (Å²) in [6.45, 7) is 0. The van der Waals surface area contributed by atoms with E-state index in [0.29, 0.717) is 5.75 Å². The summed E-state index contributed by atoms with van der Waals surface area (Å²) in [5.74, 6) is 0.567. The summed E-state index contributed by atoms with van der Waals surface area (Å²) in [6, 6.07) is 6.58. The second-order valence-electron chi connectivity index (χ2n) is 3.58. The van der Waals surface area contributed by atoms with Gasteiger partial charge in [0.2, 0.25) is 10.0 Å². The molecule has 0 amide bonds. The smallest absolute Gasteiger partial charge is 0.242 e. The number of benzene rings is 1. The molecule has 3 N–H and O–H groups in total. The maximum Gasteiger partial charge on any atom is 0.242 e. The van der Waals surface area contributed by atoms with Crippen molar-refractivity contribution < 1.29 is 8.42 Å². The van der Waals surface area contributed by atoms with Gasteiger partial charge in [0.25, 0.3) is 0 Å². The maximum absolute atomic E-state index is 11.8. The Hall–Kier alpha value is -1.05. The molecule has 17 heavy (non-hydrogen) atoms. The molecule has 0 atom stereocenters. The highest BCUT2D eigenvalue weighted by Gasteiger charge is 2.16. The highest BCUT2D eigenvalue weighted by Crippen LogP contribution is 2.17. The van der Waals surface area contributed by atoms with Crippen LogP contribution < -0.4 is 5.73 Å². The number of nitrogens with zero attached hydrogens (tertiary/aromatic N) is 1. The van der Waals surface area contributed by atoms with E-state index in [2.05, 4.69) is 0 Å². The van der Waals surface area contributed by atoms with Gasteiger partial charge in [0.1, 0.15) is 0 Å². The van der Waals surface area contributed by atoms with E-state index < -0.39 is 10.0 Å². The SMILES string of the molecule is CN(C)S(=O)(=O)c1ccc(CSC(=N)N)cc1. The number of sulfonamides is 1. The van der Waals surface area contributed by atoms with E-state index >= 15 is 0 Å². The molecular weight excluding hydrogens is 258 g/mol. The minimum Gasteiger partial charge on any atom is -0.379 e. The number of nitrogens with one attached hydrogen (secondary N) is 1. The topological polar surface area (TPSA) is 87.2 Å². The first-order chi connectivity index (χ1) is 7.84. The largest absolute Gasteiger partial charge is 0.379 e. The minimum absolute atomic E-state index is 0.0509. The molecule has 0 fully saturated rings. The highest BCUT2D eigenvalue weighted by atomic mass is 32.2. The number of hydrogen-bond acceptors (Lipinski definition) is 4. The van der Waals surface area contributed by atoms with Crippen molar-refractivity contribution in [3.05, 3.63) is 29.8 Å². The summed E-state index contributed by atoms with van der Waals surface area (Å²) >= 11 is 1.21. The number of thioether (sulfide) groups is 1. The molecule has 0 saturated carbocycles. The molecule has 0 aliphatic heterocycles. The number of nitrogens with two attached hydrogens (primary N) is 1. The summed E-state index contributed by atoms with van der Waals surface area (Å²) in [5.41, 5.74) is 6.16. The van der Waals surface area contributed by atoms with Crippen LogP contribution in [0.3, 0.4) is 0 Å². The lowest BCUT2D eigenvalue weighted by molar-refractivity contribution is 0.521.